The van der Waals surface area contributed by atoms with Crippen molar-refractivity contribution in [1.29, 1.82) is 0 Å². The summed E-state index contributed by atoms with van der Waals surface area (Å²) in [5.74, 6) is 1.69. The van der Waals surface area contributed by atoms with Gasteiger partial charge >= 0.3 is 0 Å². The van der Waals surface area contributed by atoms with Gasteiger partial charge in [-0.3, -0.25) is 0 Å². The minimum atomic E-state index is 0.00512. The number of rotatable bonds is 3. The summed E-state index contributed by atoms with van der Waals surface area (Å²) in [6, 6.07) is 8.62. The van der Waals surface area contributed by atoms with Crippen molar-refractivity contribution < 1.29 is 4.74 Å². The molecular weight excluding hydrogens is 226 g/mol. The number of hydrazine groups is 2. The third kappa shape index (κ3) is 2.83. The zero-order valence-electron chi connectivity index (χ0n) is 10.6. The monoisotopic (exact) mass is 247 g/mol. The Bertz CT molecular complexity index is 367. The van der Waals surface area contributed by atoms with E-state index in [2.05, 4.69) is 40.7 Å². The lowest BCUT2D eigenvalue weighted by atomic mass is 9.84. The zero-order chi connectivity index (χ0) is 12.2. The first-order chi connectivity index (χ1) is 8.92. The van der Waals surface area contributed by atoms with Crippen LogP contribution in [0.4, 0.5) is 0 Å². The van der Waals surface area contributed by atoms with Crippen LogP contribution in [0.25, 0.3) is 0 Å². The third-order valence-electron chi connectivity index (χ3n) is 3.84. The van der Waals surface area contributed by atoms with Crippen molar-refractivity contribution in [3.05, 3.63) is 29.8 Å². The number of hydrogen-bond donors (Lipinski definition) is 3. The molecule has 2 aliphatic rings. The van der Waals surface area contributed by atoms with Crippen LogP contribution >= 0.6 is 0 Å². The Morgan fingerprint density at radius 3 is 2.44 bits per heavy atom. The molecule has 1 saturated heterocycles. The van der Waals surface area contributed by atoms with E-state index < -0.39 is 0 Å². The predicted molar refractivity (Wildman–Crippen MR) is 71.0 cm³/mol. The molecule has 1 aliphatic heterocycles. The molecule has 18 heavy (non-hydrogen) atoms. The predicted octanol–water partition coefficient (Wildman–Crippen LogP) is 2.05. The molecule has 3 N–H and O–H groups in total. The van der Waals surface area contributed by atoms with Crippen LogP contribution < -0.4 is 21.1 Å². The smallest absolute Gasteiger partial charge is 0.177 e. The van der Waals surface area contributed by atoms with E-state index in [9.17, 15) is 0 Å². The minimum absolute atomic E-state index is 0.00512. The molecule has 0 radical (unpaired) electrons. The zero-order valence-corrected chi connectivity index (χ0v) is 10.6. The van der Waals surface area contributed by atoms with Gasteiger partial charge in [-0.05, 0) is 36.5 Å². The molecule has 1 aliphatic carbocycles. The van der Waals surface area contributed by atoms with Gasteiger partial charge in [0.25, 0.3) is 0 Å². The maximum absolute atomic E-state index is 5.78. The first-order valence-electron chi connectivity index (χ1n) is 6.92. The number of ether oxygens (including phenoxy) is 1. The van der Waals surface area contributed by atoms with E-state index in [1.54, 1.807) is 0 Å². The topological polar surface area (TPSA) is 45.3 Å². The van der Waals surface area contributed by atoms with Crippen LogP contribution in [0.5, 0.6) is 5.75 Å². The highest BCUT2D eigenvalue weighted by Crippen LogP contribution is 2.33. The summed E-state index contributed by atoms with van der Waals surface area (Å²) < 4.78 is 5.78. The molecule has 0 bridgehead atoms. The molecule has 1 aromatic rings. The van der Waals surface area contributed by atoms with Crippen LogP contribution in [-0.4, -0.2) is 12.8 Å². The number of nitrogens with one attached hydrogen (secondary N) is 3. The van der Waals surface area contributed by atoms with E-state index in [1.165, 1.54) is 37.7 Å². The SMILES string of the molecule is c1cc(C2CCCCC2)ccc1OC1CNNN1. The number of benzene rings is 1. The van der Waals surface area contributed by atoms with Crippen molar-refractivity contribution in [2.45, 2.75) is 44.2 Å². The van der Waals surface area contributed by atoms with Crippen molar-refractivity contribution in [3.8, 4) is 5.75 Å². The normalized spacial score (nSPS) is 25.2. The quantitative estimate of drug-likeness (QED) is 0.765. The largest absolute Gasteiger partial charge is 0.473 e. The summed E-state index contributed by atoms with van der Waals surface area (Å²) in [5.41, 5.74) is 10.3. The molecule has 4 heteroatoms. The fourth-order valence-corrected chi connectivity index (χ4v) is 2.82. The van der Waals surface area contributed by atoms with E-state index in [0.717, 1.165) is 18.2 Å². The molecule has 4 nitrogen and oxygen atoms in total. The van der Waals surface area contributed by atoms with Crippen LogP contribution in [0, 0.1) is 0 Å². The van der Waals surface area contributed by atoms with Gasteiger partial charge in [0.1, 0.15) is 5.75 Å². The molecule has 1 unspecified atom stereocenters. The lowest BCUT2D eigenvalue weighted by Gasteiger charge is -2.22. The Morgan fingerprint density at radius 2 is 1.78 bits per heavy atom. The maximum atomic E-state index is 5.78. The van der Waals surface area contributed by atoms with Gasteiger partial charge in [0.2, 0.25) is 0 Å². The second kappa shape index (κ2) is 5.69. The molecule has 1 atom stereocenters. The average molecular weight is 247 g/mol. The standard InChI is InChI=1S/C14H21N3O/c1-2-4-11(5-3-1)12-6-8-13(9-7-12)18-14-10-15-17-16-14/h6-9,11,14-17H,1-5,10H2. The first-order valence-corrected chi connectivity index (χ1v) is 6.92. The highest BCUT2D eigenvalue weighted by atomic mass is 16.5. The molecule has 98 valence electrons. The fraction of sp³-hybridized carbons (Fsp3) is 0.571. The lowest BCUT2D eigenvalue weighted by Crippen LogP contribution is -2.36. The molecule has 0 amide bonds. The Hall–Kier alpha value is -1.10. The molecule has 3 rings (SSSR count). The summed E-state index contributed by atoms with van der Waals surface area (Å²) in [6.45, 7) is 0.768. The second-order valence-electron chi connectivity index (χ2n) is 5.16. The average Bonchev–Trinajstić information content (AvgIpc) is 2.94. The third-order valence-corrected chi connectivity index (χ3v) is 3.84. The molecule has 1 saturated carbocycles. The van der Waals surface area contributed by atoms with Gasteiger partial charge in [0.05, 0.1) is 6.54 Å². The Balaban J connectivity index is 1.60. The molecular formula is C14H21N3O. The van der Waals surface area contributed by atoms with E-state index >= 15 is 0 Å². The highest BCUT2D eigenvalue weighted by Gasteiger charge is 2.17. The van der Waals surface area contributed by atoms with Crippen molar-refractivity contribution in [3.63, 3.8) is 0 Å². The Kier molecular flexibility index (Phi) is 3.78. The van der Waals surface area contributed by atoms with E-state index in [4.69, 9.17) is 4.74 Å². The van der Waals surface area contributed by atoms with Crippen LogP contribution in [0.2, 0.25) is 0 Å². The summed E-state index contributed by atoms with van der Waals surface area (Å²) in [6.07, 6.45) is 6.87. The summed E-state index contributed by atoms with van der Waals surface area (Å²) >= 11 is 0. The summed E-state index contributed by atoms with van der Waals surface area (Å²) in [5, 5.41) is 0. The van der Waals surface area contributed by atoms with E-state index in [-0.39, 0.29) is 6.23 Å². The van der Waals surface area contributed by atoms with Gasteiger partial charge in [0.15, 0.2) is 6.23 Å². The van der Waals surface area contributed by atoms with Crippen molar-refractivity contribution in [1.82, 2.24) is 16.4 Å². The molecule has 2 fully saturated rings. The molecule has 1 aromatic carbocycles. The fourth-order valence-electron chi connectivity index (χ4n) is 2.82. The Morgan fingerprint density at radius 1 is 1.00 bits per heavy atom. The molecule has 0 spiro atoms. The minimum Gasteiger partial charge on any atom is -0.473 e. The van der Waals surface area contributed by atoms with Crippen LogP contribution in [-0.2, 0) is 0 Å². The van der Waals surface area contributed by atoms with Gasteiger partial charge in [0, 0.05) is 0 Å². The van der Waals surface area contributed by atoms with Gasteiger partial charge in [-0.15, -0.1) is 0 Å². The first kappa shape index (κ1) is 12.0. The van der Waals surface area contributed by atoms with E-state index in [1.807, 2.05) is 0 Å². The summed E-state index contributed by atoms with van der Waals surface area (Å²) in [4.78, 5) is 0. The van der Waals surface area contributed by atoms with Crippen LogP contribution in [0.1, 0.15) is 43.6 Å². The molecule has 1 heterocycles. The van der Waals surface area contributed by atoms with Gasteiger partial charge in [-0.1, -0.05) is 31.4 Å². The van der Waals surface area contributed by atoms with Crippen LogP contribution in [0.15, 0.2) is 24.3 Å². The lowest BCUT2D eigenvalue weighted by molar-refractivity contribution is 0.191. The Labute approximate surface area is 108 Å². The number of hydrogen-bond acceptors (Lipinski definition) is 4. The van der Waals surface area contributed by atoms with E-state index in [0.29, 0.717) is 0 Å². The van der Waals surface area contributed by atoms with Crippen molar-refractivity contribution >= 4 is 0 Å². The maximum Gasteiger partial charge on any atom is 0.177 e. The van der Waals surface area contributed by atoms with Crippen LogP contribution in [0.3, 0.4) is 0 Å². The van der Waals surface area contributed by atoms with Gasteiger partial charge < -0.3 is 4.74 Å². The van der Waals surface area contributed by atoms with Gasteiger partial charge in [-0.2, -0.15) is 5.53 Å². The highest BCUT2D eigenvalue weighted by molar-refractivity contribution is 5.29. The van der Waals surface area contributed by atoms with Crippen molar-refractivity contribution in [2.75, 3.05) is 6.54 Å². The van der Waals surface area contributed by atoms with Crippen molar-refractivity contribution in [2.24, 2.45) is 0 Å². The summed E-state index contributed by atoms with van der Waals surface area (Å²) in [7, 11) is 0. The second-order valence-corrected chi connectivity index (χ2v) is 5.16. The van der Waals surface area contributed by atoms with Gasteiger partial charge in [-0.25, -0.2) is 10.9 Å². The molecule has 0 aromatic heterocycles.